The molecule has 0 aliphatic heterocycles. The third-order valence-corrected chi connectivity index (χ3v) is 6.45. The third kappa shape index (κ3) is 9.75. The molecule has 0 aromatic heterocycles. The molecular weight excluding hydrogens is 532 g/mol. The van der Waals surface area contributed by atoms with Crippen LogP contribution >= 0.6 is 0 Å². The van der Waals surface area contributed by atoms with Crippen LogP contribution in [0.4, 0.5) is 11.4 Å². The highest BCUT2D eigenvalue weighted by molar-refractivity contribution is 5.65. The van der Waals surface area contributed by atoms with Crippen LogP contribution in [0.1, 0.15) is 13.8 Å². The minimum atomic E-state index is 0.884. The van der Waals surface area contributed by atoms with Crippen molar-refractivity contribution >= 4 is 11.4 Å². The van der Waals surface area contributed by atoms with E-state index in [-0.39, 0.29) is 0 Å². The number of rotatable bonds is 17. The predicted molar refractivity (Wildman–Crippen MR) is 197 cm³/mol. The Kier molecular flexibility index (Phi) is 15.3. The lowest BCUT2D eigenvalue weighted by Crippen LogP contribution is -2.19. The molecule has 222 valence electrons. The van der Waals surface area contributed by atoms with Crippen molar-refractivity contribution in [1.82, 2.24) is 0 Å². The monoisotopic (exact) mass is 576 g/mol. The van der Waals surface area contributed by atoms with Crippen LogP contribution in [0.15, 0.2) is 231 Å². The van der Waals surface area contributed by atoms with Crippen LogP contribution in [-0.4, -0.2) is 0 Å². The largest absolute Gasteiger partial charge is 0.311 e. The second-order valence-corrected chi connectivity index (χ2v) is 9.22. The Balaban J connectivity index is 2.69. The molecule has 0 heterocycles. The molecule has 0 fully saturated rings. The molecule has 44 heavy (non-hydrogen) atoms. The van der Waals surface area contributed by atoms with Gasteiger partial charge in [0.1, 0.15) is 0 Å². The molecule has 0 aliphatic rings. The molecule has 0 unspecified atom stereocenters. The van der Waals surface area contributed by atoms with Crippen molar-refractivity contribution in [3.05, 3.63) is 231 Å². The van der Waals surface area contributed by atoms with Crippen molar-refractivity contribution in [2.45, 2.75) is 13.8 Å². The van der Waals surface area contributed by atoms with Gasteiger partial charge in [0.2, 0.25) is 0 Å². The Hall–Kier alpha value is -5.60. The van der Waals surface area contributed by atoms with Crippen molar-refractivity contribution < 1.29 is 0 Å². The molecule has 2 nitrogen and oxygen atoms in total. The van der Waals surface area contributed by atoms with E-state index in [0.29, 0.717) is 0 Å². The molecule has 2 aromatic carbocycles. The van der Waals surface area contributed by atoms with Crippen LogP contribution in [0.3, 0.4) is 0 Å². The highest BCUT2D eigenvalue weighted by Gasteiger charge is 2.14. The van der Waals surface area contributed by atoms with E-state index in [1.165, 1.54) is 0 Å². The number of anilines is 2. The van der Waals surface area contributed by atoms with Crippen molar-refractivity contribution in [3.63, 3.8) is 0 Å². The second-order valence-electron chi connectivity index (χ2n) is 9.22. The van der Waals surface area contributed by atoms with Crippen molar-refractivity contribution in [3.8, 4) is 0 Å². The minimum absolute atomic E-state index is 0.884. The summed E-state index contributed by atoms with van der Waals surface area (Å²) in [6.07, 6.45) is 31.0. The van der Waals surface area contributed by atoms with Crippen LogP contribution in [0.25, 0.3) is 0 Å². The summed E-state index contributed by atoms with van der Waals surface area (Å²) in [6, 6.07) is 20.3. The number of benzene rings is 2. The molecule has 0 N–H and O–H groups in total. The van der Waals surface area contributed by atoms with Gasteiger partial charge in [0.25, 0.3) is 0 Å². The van der Waals surface area contributed by atoms with E-state index < -0.39 is 0 Å². The van der Waals surface area contributed by atoms with E-state index in [9.17, 15) is 0 Å². The standard InChI is InChI=1S/C42H44N2/c1-9-17-26-37(14-6)43(41-27-20-18-21-28-41)38(15-7)33-31-35(12-4)36(13-5)32-34-39(16-8)44(40(24-10-2)25-11-3)42-29-22-19-23-30-42/h9-34H,1-2,4-5,7-8H2,3,6H3/b25-11-,26-17-,35-31+,36-32+,37-14+,38-33+,39-34+,40-24+. The quantitative estimate of drug-likeness (QED) is 0.173. The number of allylic oxidation sites excluding steroid dienone is 18. The average molecular weight is 577 g/mol. The Bertz CT molecular complexity index is 1550. The first kappa shape index (κ1) is 34.6. The van der Waals surface area contributed by atoms with Crippen LogP contribution in [0.5, 0.6) is 0 Å². The lowest BCUT2D eigenvalue weighted by molar-refractivity contribution is 1.14. The Morgan fingerprint density at radius 2 is 0.977 bits per heavy atom. The van der Waals surface area contributed by atoms with E-state index in [1.54, 1.807) is 12.2 Å². The maximum atomic E-state index is 4.12. The maximum Gasteiger partial charge on any atom is 0.0461 e. The molecule has 0 saturated heterocycles. The zero-order valence-corrected chi connectivity index (χ0v) is 26.1. The van der Waals surface area contributed by atoms with Gasteiger partial charge in [-0.05, 0) is 91.8 Å². The Morgan fingerprint density at radius 1 is 0.500 bits per heavy atom. The molecule has 0 aliphatic carbocycles. The predicted octanol–water partition coefficient (Wildman–Crippen LogP) is 11.7. The smallest absolute Gasteiger partial charge is 0.0461 e. The topological polar surface area (TPSA) is 6.48 Å². The fraction of sp³-hybridized carbons (Fsp3) is 0.0476. The first-order valence-corrected chi connectivity index (χ1v) is 14.5. The molecule has 0 radical (unpaired) electrons. The highest BCUT2D eigenvalue weighted by atomic mass is 15.2. The zero-order chi connectivity index (χ0) is 32.2. The lowest BCUT2D eigenvalue weighted by Gasteiger charge is -2.27. The van der Waals surface area contributed by atoms with E-state index in [4.69, 9.17) is 0 Å². The fourth-order valence-corrected chi connectivity index (χ4v) is 4.39. The zero-order valence-electron chi connectivity index (χ0n) is 26.1. The van der Waals surface area contributed by atoms with E-state index >= 15 is 0 Å². The Labute approximate surface area is 265 Å². The number of hydrogen-bond acceptors (Lipinski definition) is 2. The molecule has 0 bridgehead atoms. The summed E-state index contributed by atoms with van der Waals surface area (Å²) in [5.41, 5.74) is 7.53. The van der Waals surface area contributed by atoms with Crippen molar-refractivity contribution in [2.24, 2.45) is 0 Å². The lowest BCUT2D eigenvalue weighted by atomic mass is 10.0. The molecule has 2 heteroatoms. The molecule has 2 aromatic rings. The van der Waals surface area contributed by atoms with Crippen LogP contribution < -0.4 is 9.80 Å². The third-order valence-electron chi connectivity index (χ3n) is 6.45. The normalized spacial score (nSPS) is 13.5. The second kappa shape index (κ2) is 19.5. The van der Waals surface area contributed by atoms with Crippen LogP contribution in [0.2, 0.25) is 0 Å². The first-order valence-electron chi connectivity index (χ1n) is 14.5. The van der Waals surface area contributed by atoms with Gasteiger partial charge in [0.05, 0.1) is 0 Å². The van der Waals surface area contributed by atoms with Gasteiger partial charge in [-0.25, -0.2) is 0 Å². The van der Waals surface area contributed by atoms with Gasteiger partial charge in [0, 0.05) is 34.2 Å². The minimum Gasteiger partial charge on any atom is -0.311 e. The summed E-state index contributed by atoms with van der Waals surface area (Å²) in [6.45, 7) is 28.2. The summed E-state index contributed by atoms with van der Waals surface area (Å²) in [5.74, 6) is 0. The SMILES string of the molecule is C=C/C=C\C(=C/C)N(/C(C=C)=C/C=C(C=C)/C(C=C)=C/C=C(\C=C)N(C(/C=C\C)=C/C=C)c1ccccc1)c1ccccc1. The molecule has 0 atom stereocenters. The maximum absolute atomic E-state index is 4.12. The Morgan fingerprint density at radius 3 is 1.34 bits per heavy atom. The van der Waals surface area contributed by atoms with Gasteiger partial charge >= 0.3 is 0 Å². The molecule has 0 spiro atoms. The van der Waals surface area contributed by atoms with E-state index in [0.717, 1.165) is 45.3 Å². The van der Waals surface area contributed by atoms with Gasteiger partial charge in [0.15, 0.2) is 0 Å². The molecule has 0 amide bonds. The number of nitrogens with zero attached hydrogens (tertiary/aromatic N) is 2. The van der Waals surface area contributed by atoms with E-state index in [2.05, 4.69) is 79.6 Å². The number of hydrogen-bond donors (Lipinski definition) is 0. The molecule has 2 rings (SSSR count). The van der Waals surface area contributed by atoms with Gasteiger partial charge in [-0.15, -0.1) is 0 Å². The summed E-state index contributed by atoms with van der Waals surface area (Å²) in [5, 5.41) is 0. The summed E-state index contributed by atoms with van der Waals surface area (Å²) in [4.78, 5) is 4.27. The molecular formula is C42H44N2. The fourth-order valence-electron chi connectivity index (χ4n) is 4.39. The highest BCUT2D eigenvalue weighted by Crippen LogP contribution is 2.28. The summed E-state index contributed by atoms with van der Waals surface area (Å²) < 4.78 is 0. The van der Waals surface area contributed by atoms with Gasteiger partial charge in [-0.1, -0.05) is 131 Å². The van der Waals surface area contributed by atoms with Crippen LogP contribution in [-0.2, 0) is 0 Å². The summed E-state index contributed by atoms with van der Waals surface area (Å²) >= 11 is 0. The van der Waals surface area contributed by atoms with Crippen molar-refractivity contribution in [2.75, 3.05) is 9.80 Å². The number of para-hydroxylation sites is 2. The summed E-state index contributed by atoms with van der Waals surface area (Å²) in [7, 11) is 0. The van der Waals surface area contributed by atoms with E-state index in [1.807, 2.05) is 129 Å². The molecule has 0 saturated carbocycles. The van der Waals surface area contributed by atoms with Gasteiger partial charge in [-0.3, -0.25) is 0 Å². The average Bonchev–Trinajstić information content (AvgIpc) is 3.07. The first-order chi connectivity index (χ1) is 21.5. The van der Waals surface area contributed by atoms with Gasteiger partial charge < -0.3 is 9.80 Å². The van der Waals surface area contributed by atoms with Crippen molar-refractivity contribution in [1.29, 1.82) is 0 Å². The van der Waals surface area contributed by atoms with Crippen LogP contribution in [0, 0.1) is 0 Å². The van der Waals surface area contributed by atoms with Gasteiger partial charge in [-0.2, -0.15) is 0 Å².